The van der Waals surface area contributed by atoms with E-state index in [1.165, 1.54) is 12.1 Å². The van der Waals surface area contributed by atoms with E-state index in [9.17, 15) is 14.3 Å². The number of aromatic nitrogens is 3. The van der Waals surface area contributed by atoms with Crippen LogP contribution in [0.1, 0.15) is 24.2 Å². The number of pyridine rings is 1. The minimum Gasteiger partial charge on any atom is -0.507 e. The lowest BCUT2D eigenvalue weighted by atomic mass is 10.0. The van der Waals surface area contributed by atoms with Gasteiger partial charge in [-0.05, 0) is 74.0 Å². The van der Waals surface area contributed by atoms with Gasteiger partial charge in [0.2, 0.25) is 5.95 Å². The van der Waals surface area contributed by atoms with E-state index in [0.29, 0.717) is 39.5 Å². The lowest BCUT2D eigenvalue weighted by molar-refractivity contribution is 0.102. The highest BCUT2D eigenvalue weighted by atomic mass is 19.1. The Kier molecular flexibility index (Phi) is 6.47. The summed E-state index contributed by atoms with van der Waals surface area (Å²) >= 11 is 0. The quantitative estimate of drug-likeness (QED) is 0.258. The molecule has 0 fully saturated rings. The summed E-state index contributed by atoms with van der Waals surface area (Å²) in [4.78, 5) is 26.1. The third-order valence-corrected chi connectivity index (χ3v) is 5.71. The van der Waals surface area contributed by atoms with Crippen molar-refractivity contribution in [3.05, 3.63) is 96.6 Å². The highest BCUT2D eigenvalue weighted by molar-refractivity contribution is 6.05. The van der Waals surface area contributed by atoms with Gasteiger partial charge < -0.3 is 15.7 Å². The van der Waals surface area contributed by atoms with Crippen LogP contribution in [-0.2, 0) is 0 Å². The highest BCUT2D eigenvalue weighted by Crippen LogP contribution is 2.34. The standard InChI is InChI=1S/C29H24FN5O2/c1-17(2)33-29-32-16-21-13-24(27(36)15-26(21)35-29)19-4-3-5-23(12-19)34-28(37)20-10-11-31-25(14-20)18-6-8-22(30)9-7-18/h3-17,36H,1-2H3,(H,34,37)(H,32,33,35). The van der Waals surface area contributed by atoms with Crippen LogP contribution >= 0.6 is 0 Å². The number of anilines is 2. The number of halogens is 1. The Morgan fingerprint density at radius 1 is 0.946 bits per heavy atom. The Balaban J connectivity index is 1.39. The summed E-state index contributed by atoms with van der Waals surface area (Å²) < 4.78 is 13.3. The largest absolute Gasteiger partial charge is 0.507 e. The van der Waals surface area contributed by atoms with Gasteiger partial charge in [-0.2, -0.15) is 0 Å². The molecule has 0 saturated heterocycles. The zero-order valence-electron chi connectivity index (χ0n) is 20.2. The molecule has 3 N–H and O–H groups in total. The van der Waals surface area contributed by atoms with Crippen molar-refractivity contribution in [1.82, 2.24) is 15.0 Å². The van der Waals surface area contributed by atoms with Crippen LogP contribution in [-0.4, -0.2) is 32.0 Å². The molecule has 184 valence electrons. The number of benzene rings is 3. The third kappa shape index (κ3) is 5.38. The van der Waals surface area contributed by atoms with Crippen LogP contribution in [0, 0.1) is 5.82 Å². The van der Waals surface area contributed by atoms with Gasteiger partial charge in [-0.25, -0.2) is 14.4 Å². The summed E-state index contributed by atoms with van der Waals surface area (Å²) in [6.07, 6.45) is 3.26. The molecule has 0 atom stereocenters. The van der Waals surface area contributed by atoms with Crippen molar-refractivity contribution in [2.45, 2.75) is 19.9 Å². The summed E-state index contributed by atoms with van der Waals surface area (Å²) in [6, 6.07) is 20.0. The number of phenols is 1. The van der Waals surface area contributed by atoms with Crippen molar-refractivity contribution >= 4 is 28.4 Å². The van der Waals surface area contributed by atoms with E-state index in [-0.39, 0.29) is 23.5 Å². The van der Waals surface area contributed by atoms with E-state index in [0.717, 1.165) is 10.9 Å². The van der Waals surface area contributed by atoms with Gasteiger partial charge >= 0.3 is 0 Å². The van der Waals surface area contributed by atoms with Gasteiger partial charge in [0.15, 0.2) is 0 Å². The Hall–Kier alpha value is -4.85. The fourth-order valence-electron chi connectivity index (χ4n) is 3.94. The molecule has 1 amide bonds. The van der Waals surface area contributed by atoms with Crippen LogP contribution in [0.5, 0.6) is 5.75 Å². The Morgan fingerprint density at radius 2 is 1.76 bits per heavy atom. The molecule has 0 unspecified atom stereocenters. The molecule has 8 heteroatoms. The first-order valence-corrected chi connectivity index (χ1v) is 11.8. The molecule has 5 aromatic rings. The predicted octanol–water partition coefficient (Wildman–Crippen LogP) is 6.28. The van der Waals surface area contributed by atoms with Crippen LogP contribution in [0.3, 0.4) is 0 Å². The van der Waals surface area contributed by atoms with Crippen LogP contribution in [0.25, 0.3) is 33.3 Å². The van der Waals surface area contributed by atoms with E-state index in [1.54, 1.807) is 60.9 Å². The first-order valence-electron chi connectivity index (χ1n) is 11.8. The third-order valence-electron chi connectivity index (χ3n) is 5.71. The number of carbonyl (C=O) groups excluding carboxylic acids is 1. The Bertz CT molecular complexity index is 1600. The number of amides is 1. The minimum absolute atomic E-state index is 0.0725. The molecular weight excluding hydrogens is 469 g/mol. The molecule has 0 bridgehead atoms. The van der Waals surface area contributed by atoms with Crippen molar-refractivity contribution in [3.63, 3.8) is 0 Å². The summed E-state index contributed by atoms with van der Waals surface area (Å²) in [7, 11) is 0. The second-order valence-electron chi connectivity index (χ2n) is 8.89. The maximum absolute atomic E-state index is 13.3. The molecule has 7 nitrogen and oxygen atoms in total. The predicted molar refractivity (Wildman–Crippen MR) is 143 cm³/mol. The number of fused-ring (bicyclic) bond motifs is 1. The second-order valence-corrected chi connectivity index (χ2v) is 8.89. The molecule has 0 aliphatic heterocycles. The van der Waals surface area contributed by atoms with Gasteiger partial charge in [0.05, 0.1) is 11.2 Å². The number of carbonyl (C=O) groups is 1. The summed E-state index contributed by atoms with van der Waals surface area (Å²) in [5.41, 5.74) is 4.20. The van der Waals surface area contributed by atoms with Gasteiger partial charge in [0.25, 0.3) is 5.91 Å². The monoisotopic (exact) mass is 493 g/mol. The molecule has 0 aliphatic carbocycles. The summed E-state index contributed by atoms with van der Waals surface area (Å²) in [5, 5.41) is 17.6. The zero-order chi connectivity index (χ0) is 25.9. The van der Waals surface area contributed by atoms with Gasteiger partial charge in [0, 0.05) is 52.3 Å². The number of rotatable bonds is 6. The number of nitrogens with zero attached hydrogens (tertiary/aromatic N) is 3. The molecule has 2 aromatic heterocycles. The first-order chi connectivity index (χ1) is 17.9. The number of phenolic OH excluding ortho intramolecular Hbond substituents is 1. The number of aromatic hydroxyl groups is 1. The average Bonchev–Trinajstić information content (AvgIpc) is 2.88. The molecule has 0 aliphatic rings. The zero-order valence-corrected chi connectivity index (χ0v) is 20.2. The maximum atomic E-state index is 13.3. The molecule has 0 saturated carbocycles. The van der Waals surface area contributed by atoms with E-state index >= 15 is 0 Å². The average molecular weight is 494 g/mol. The van der Waals surface area contributed by atoms with E-state index in [4.69, 9.17) is 0 Å². The normalized spacial score (nSPS) is 11.0. The topological polar surface area (TPSA) is 100 Å². The van der Waals surface area contributed by atoms with Crippen LogP contribution < -0.4 is 10.6 Å². The van der Waals surface area contributed by atoms with Crippen molar-refractivity contribution in [2.75, 3.05) is 10.6 Å². The van der Waals surface area contributed by atoms with Crippen LogP contribution in [0.4, 0.5) is 16.0 Å². The Labute approximate surface area is 213 Å². The lowest BCUT2D eigenvalue weighted by Gasteiger charge is -2.12. The van der Waals surface area contributed by atoms with Crippen LogP contribution in [0.2, 0.25) is 0 Å². The number of hydrogen-bond donors (Lipinski definition) is 3. The maximum Gasteiger partial charge on any atom is 0.255 e. The van der Waals surface area contributed by atoms with E-state index in [2.05, 4.69) is 25.6 Å². The molecule has 0 radical (unpaired) electrons. The van der Waals surface area contributed by atoms with Gasteiger partial charge in [-0.1, -0.05) is 12.1 Å². The molecule has 2 heterocycles. The number of hydrogen-bond acceptors (Lipinski definition) is 6. The fourth-order valence-corrected chi connectivity index (χ4v) is 3.94. The second kappa shape index (κ2) is 10.0. The SMILES string of the molecule is CC(C)Nc1ncc2cc(-c3cccc(NC(=O)c4ccnc(-c5ccc(F)cc5)c4)c3)c(O)cc2n1. The molecule has 5 rings (SSSR count). The smallest absolute Gasteiger partial charge is 0.255 e. The van der Waals surface area contributed by atoms with Gasteiger partial charge in [-0.3, -0.25) is 9.78 Å². The van der Waals surface area contributed by atoms with Crippen molar-refractivity contribution in [3.8, 4) is 28.1 Å². The van der Waals surface area contributed by atoms with Gasteiger partial charge in [-0.15, -0.1) is 0 Å². The number of nitrogens with one attached hydrogen (secondary N) is 2. The van der Waals surface area contributed by atoms with Crippen molar-refractivity contribution in [2.24, 2.45) is 0 Å². The fraction of sp³-hybridized carbons (Fsp3) is 0.103. The highest BCUT2D eigenvalue weighted by Gasteiger charge is 2.12. The molecule has 3 aromatic carbocycles. The van der Waals surface area contributed by atoms with Crippen LogP contribution in [0.15, 0.2) is 85.2 Å². The van der Waals surface area contributed by atoms with Gasteiger partial charge in [0.1, 0.15) is 11.6 Å². The molecular formula is C29H24FN5O2. The van der Waals surface area contributed by atoms with E-state index in [1.807, 2.05) is 26.0 Å². The van der Waals surface area contributed by atoms with Crippen molar-refractivity contribution in [1.29, 1.82) is 0 Å². The first kappa shape index (κ1) is 23.9. The Morgan fingerprint density at radius 3 is 2.54 bits per heavy atom. The lowest BCUT2D eigenvalue weighted by Crippen LogP contribution is -2.12. The summed E-state index contributed by atoms with van der Waals surface area (Å²) in [6.45, 7) is 4.00. The molecule has 0 spiro atoms. The summed E-state index contributed by atoms with van der Waals surface area (Å²) in [5.74, 6) is -0.0825. The van der Waals surface area contributed by atoms with E-state index < -0.39 is 0 Å². The van der Waals surface area contributed by atoms with Crippen molar-refractivity contribution < 1.29 is 14.3 Å². The molecule has 37 heavy (non-hydrogen) atoms. The minimum atomic E-state index is -0.338.